The largest absolute Gasteiger partial charge is 0.497 e. The van der Waals surface area contributed by atoms with Crippen LogP contribution in [0.2, 0.25) is 0 Å². The normalized spacial score (nSPS) is 10.9. The van der Waals surface area contributed by atoms with E-state index in [1.54, 1.807) is 19.6 Å². The van der Waals surface area contributed by atoms with Crippen LogP contribution in [0.5, 0.6) is 5.75 Å². The highest BCUT2D eigenvalue weighted by atomic mass is 32.2. The average Bonchev–Trinajstić information content (AvgIpc) is 3.51. The Morgan fingerprint density at radius 3 is 2.74 bits per heavy atom. The van der Waals surface area contributed by atoms with Crippen molar-refractivity contribution < 1.29 is 14.3 Å². The minimum atomic E-state index is -0.201. The molecule has 2 heterocycles. The van der Waals surface area contributed by atoms with E-state index in [1.807, 2.05) is 28.8 Å². The van der Waals surface area contributed by atoms with Gasteiger partial charge in [-0.25, -0.2) is 4.98 Å². The molecule has 0 unspecified atom stereocenters. The molecule has 0 aliphatic rings. The first-order valence-electron chi connectivity index (χ1n) is 10.6. The van der Waals surface area contributed by atoms with Crippen molar-refractivity contribution in [2.75, 3.05) is 27.4 Å². The van der Waals surface area contributed by atoms with Crippen molar-refractivity contribution in [2.45, 2.75) is 17.8 Å². The Hall–Kier alpha value is -3.21. The zero-order chi connectivity index (χ0) is 23.9. The minimum absolute atomic E-state index is 0.201. The van der Waals surface area contributed by atoms with E-state index in [1.165, 1.54) is 28.7 Å². The van der Waals surface area contributed by atoms with Gasteiger partial charge in [-0.05, 0) is 31.2 Å². The number of aromatic nitrogens is 4. The average molecular weight is 496 g/mol. The van der Waals surface area contributed by atoms with Gasteiger partial charge in [-0.3, -0.25) is 9.36 Å². The molecule has 0 fully saturated rings. The number of benzene rings is 2. The number of rotatable bonds is 10. The molecule has 176 valence electrons. The summed E-state index contributed by atoms with van der Waals surface area (Å²) in [5, 5.41) is 15.1. The number of methoxy groups -OCH3 is 2. The van der Waals surface area contributed by atoms with Crippen LogP contribution in [-0.2, 0) is 10.5 Å². The van der Waals surface area contributed by atoms with Crippen LogP contribution >= 0.6 is 23.1 Å². The maximum absolute atomic E-state index is 12.2. The van der Waals surface area contributed by atoms with E-state index in [4.69, 9.17) is 9.47 Å². The molecule has 0 atom stereocenters. The fraction of sp³-hybridized carbons (Fsp3) is 0.250. The number of nitrogens with one attached hydrogen (secondary N) is 1. The zero-order valence-corrected chi connectivity index (χ0v) is 20.8. The topological polar surface area (TPSA) is 91.2 Å². The Morgan fingerprint density at radius 1 is 1.15 bits per heavy atom. The van der Waals surface area contributed by atoms with Crippen molar-refractivity contribution in [2.24, 2.45) is 0 Å². The lowest BCUT2D eigenvalue weighted by Crippen LogP contribution is -2.27. The first kappa shape index (κ1) is 23.9. The smallest absolute Gasteiger partial charge is 0.270 e. The fourth-order valence-electron chi connectivity index (χ4n) is 3.20. The highest BCUT2D eigenvalue weighted by molar-refractivity contribution is 7.98. The molecule has 0 bridgehead atoms. The number of nitrogens with zero attached hydrogens (tertiary/aromatic N) is 4. The van der Waals surface area contributed by atoms with Gasteiger partial charge in [0.2, 0.25) is 0 Å². The summed E-state index contributed by atoms with van der Waals surface area (Å²) in [5.41, 5.74) is 3.46. The molecular formula is C24H25N5O3S2. The molecule has 34 heavy (non-hydrogen) atoms. The van der Waals surface area contributed by atoms with Crippen LogP contribution in [0, 0.1) is 6.92 Å². The molecular weight excluding hydrogens is 470 g/mol. The monoisotopic (exact) mass is 495 g/mol. The maximum atomic E-state index is 12.2. The van der Waals surface area contributed by atoms with Gasteiger partial charge in [-0.2, -0.15) is 0 Å². The molecule has 0 spiro atoms. The Morgan fingerprint density at radius 2 is 1.97 bits per heavy atom. The van der Waals surface area contributed by atoms with Crippen LogP contribution in [0.25, 0.3) is 17.1 Å². The summed E-state index contributed by atoms with van der Waals surface area (Å²) in [4.78, 5) is 16.7. The van der Waals surface area contributed by atoms with Crippen LogP contribution in [-0.4, -0.2) is 53.0 Å². The van der Waals surface area contributed by atoms with E-state index >= 15 is 0 Å². The second-order valence-electron chi connectivity index (χ2n) is 7.37. The van der Waals surface area contributed by atoms with Gasteiger partial charge in [-0.15, -0.1) is 21.5 Å². The van der Waals surface area contributed by atoms with Crippen LogP contribution < -0.4 is 10.1 Å². The molecule has 0 aliphatic carbocycles. The van der Waals surface area contributed by atoms with E-state index in [0.29, 0.717) is 24.6 Å². The molecule has 2 aromatic heterocycles. The predicted molar refractivity (Wildman–Crippen MR) is 134 cm³/mol. The molecule has 8 nitrogen and oxygen atoms in total. The second-order valence-corrected chi connectivity index (χ2v) is 9.26. The number of aryl methyl sites for hydroxylation is 1. The van der Waals surface area contributed by atoms with Crippen LogP contribution in [0.4, 0.5) is 0 Å². The van der Waals surface area contributed by atoms with Crippen molar-refractivity contribution in [3.63, 3.8) is 0 Å². The molecule has 0 aliphatic heterocycles. The van der Waals surface area contributed by atoms with E-state index < -0.39 is 0 Å². The summed E-state index contributed by atoms with van der Waals surface area (Å²) >= 11 is 2.98. The Balaban J connectivity index is 1.58. The zero-order valence-electron chi connectivity index (χ0n) is 19.1. The summed E-state index contributed by atoms with van der Waals surface area (Å²) in [7, 11) is 3.24. The summed E-state index contributed by atoms with van der Waals surface area (Å²) in [6, 6.07) is 16.0. The number of hydrogen-bond acceptors (Lipinski definition) is 8. The van der Waals surface area contributed by atoms with Gasteiger partial charge < -0.3 is 14.8 Å². The number of thiazole rings is 1. The highest BCUT2D eigenvalue weighted by Gasteiger charge is 2.18. The molecule has 4 aromatic rings. The number of carbonyl (C=O) groups is 1. The molecule has 0 saturated carbocycles. The third-order valence-corrected chi connectivity index (χ3v) is 6.93. The summed E-state index contributed by atoms with van der Waals surface area (Å²) in [5.74, 6) is 1.84. The lowest BCUT2D eigenvalue weighted by atomic mass is 10.2. The Kier molecular flexibility index (Phi) is 7.94. The quantitative estimate of drug-likeness (QED) is 0.258. The van der Waals surface area contributed by atoms with E-state index in [-0.39, 0.29) is 5.91 Å². The standard InChI is InChI=1S/C24H25N5O3S2/c1-16-7-9-18(10-8-16)29-22(17-5-4-6-19(13-17)32-3)27-28-24(29)34-15-21-26-20(14-33-21)23(30)25-11-12-31-2/h4-10,13-14H,11-12,15H2,1-3H3,(H,25,30). The summed E-state index contributed by atoms with van der Waals surface area (Å²) in [6.45, 7) is 2.96. The molecule has 2 aromatic carbocycles. The minimum Gasteiger partial charge on any atom is -0.497 e. The van der Waals surface area contributed by atoms with Gasteiger partial charge in [-0.1, -0.05) is 41.6 Å². The Bertz CT molecular complexity index is 1250. The number of amides is 1. The number of thioether (sulfide) groups is 1. The van der Waals surface area contributed by atoms with Crippen LogP contribution in [0.3, 0.4) is 0 Å². The Labute approximate surface area is 206 Å². The van der Waals surface area contributed by atoms with E-state index in [9.17, 15) is 4.79 Å². The summed E-state index contributed by atoms with van der Waals surface area (Å²) < 4.78 is 12.4. The molecule has 1 N–H and O–H groups in total. The van der Waals surface area contributed by atoms with Crippen molar-refractivity contribution in [3.8, 4) is 22.8 Å². The lowest BCUT2D eigenvalue weighted by molar-refractivity contribution is 0.0932. The third-order valence-electron chi connectivity index (χ3n) is 4.95. The lowest BCUT2D eigenvalue weighted by Gasteiger charge is -2.11. The first-order valence-corrected chi connectivity index (χ1v) is 12.5. The number of ether oxygens (including phenoxy) is 2. The molecule has 10 heteroatoms. The third kappa shape index (κ3) is 5.64. The fourth-order valence-corrected chi connectivity index (χ4v) is 4.95. The van der Waals surface area contributed by atoms with Gasteiger partial charge in [0.15, 0.2) is 11.0 Å². The van der Waals surface area contributed by atoms with Gasteiger partial charge in [0.25, 0.3) is 5.91 Å². The predicted octanol–water partition coefficient (Wildman–Crippen LogP) is 4.38. The maximum Gasteiger partial charge on any atom is 0.270 e. The van der Waals surface area contributed by atoms with Crippen LogP contribution in [0.1, 0.15) is 21.1 Å². The summed E-state index contributed by atoms with van der Waals surface area (Å²) in [6.07, 6.45) is 0. The first-order chi connectivity index (χ1) is 16.6. The van der Waals surface area contributed by atoms with Gasteiger partial charge >= 0.3 is 0 Å². The molecule has 4 rings (SSSR count). The molecule has 1 amide bonds. The van der Waals surface area contributed by atoms with E-state index in [2.05, 4.69) is 51.7 Å². The van der Waals surface area contributed by atoms with Crippen molar-refractivity contribution >= 4 is 29.0 Å². The van der Waals surface area contributed by atoms with Crippen molar-refractivity contribution in [1.82, 2.24) is 25.1 Å². The molecule has 0 radical (unpaired) electrons. The van der Waals surface area contributed by atoms with Gasteiger partial charge in [0.1, 0.15) is 16.5 Å². The van der Waals surface area contributed by atoms with Crippen molar-refractivity contribution in [1.29, 1.82) is 0 Å². The van der Waals surface area contributed by atoms with Gasteiger partial charge in [0, 0.05) is 30.3 Å². The van der Waals surface area contributed by atoms with Crippen molar-refractivity contribution in [3.05, 3.63) is 70.2 Å². The highest BCUT2D eigenvalue weighted by Crippen LogP contribution is 2.31. The second kappa shape index (κ2) is 11.3. The molecule has 0 saturated heterocycles. The number of hydrogen-bond donors (Lipinski definition) is 1. The van der Waals surface area contributed by atoms with E-state index in [0.717, 1.165) is 33.0 Å². The SMILES string of the molecule is COCCNC(=O)c1csc(CSc2nnc(-c3cccc(OC)c3)n2-c2ccc(C)cc2)n1. The van der Waals surface area contributed by atoms with Gasteiger partial charge in [0.05, 0.1) is 19.5 Å². The number of carbonyl (C=O) groups excluding carboxylic acids is 1. The van der Waals surface area contributed by atoms with Crippen LogP contribution in [0.15, 0.2) is 59.1 Å².